The number of nitrogens with zero attached hydrogens (tertiary/aromatic N) is 1. The molecule has 1 heterocycles. The summed E-state index contributed by atoms with van der Waals surface area (Å²) in [5, 5.41) is 3.06. The van der Waals surface area contributed by atoms with E-state index in [2.05, 4.69) is 4.98 Å². The average Bonchev–Trinajstić information content (AvgIpc) is 2.79. The van der Waals surface area contributed by atoms with Gasteiger partial charge in [0.25, 0.3) is 0 Å². The third-order valence-electron chi connectivity index (χ3n) is 2.41. The predicted octanol–water partition coefficient (Wildman–Crippen LogP) is 3.92. The van der Waals surface area contributed by atoms with E-state index >= 15 is 0 Å². The monoisotopic (exact) mass is 263 g/mol. The van der Waals surface area contributed by atoms with Crippen molar-refractivity contribution >= 4 is 11.3 Å². The number of rotatable bonds is 5. The Balaban J connectivity index is 2.35. The number of hydrogen-bond donors (Lipinski definition) is 0. The standard InChI is InChI=1S/C14H17NO2S/c1-4-16-12-7-6-11(8-13(12)17-5-2)14-15-10(3)9-18-14/h6-9H,4-5H2,1-3H3. The second-order valence-corrected chi connectivity index (χ2v) is 4.68. The molecule has 18 heavy (non-hydrogen) atoms. The van der Waals surface area contributed by atoms with Gasteiger partial charge in [-0.15, -0.1) is 11.3 Å². The fourth-order valence-corrected chi connectivity index (χ4v) is 2.47. The molecule has 2 rings (SSSR count). The van der Waals surface area contributed by atoms with Gasteiger partial charge in [0, 0.05) is 16.6 Å². The van der Waals surface area contributed by atoms with E-state index in [9.17, 15) is 0 Å². The first-order chi connectivity index (χ1) is 8.74. The molecule has 3 nitrogen and oxygen atoms in total. The van der Waals surface area contributed by atoms with Gasteiger partial charge in [-0.25, -0.2) is 4.98 Å². The lowest BCUT2D eigenvalue weighted by Crippen LogP contribution is -1.98. The molecule has 0 bridgehead atoms. The molecule has 0 fully saturated rings. The van der Waals surface area contributed by atoms with Gasteiger partial charge in [0.1, 0.15) is 5.01 Å². The van der Waals surface area contributed by atoms with Crippen molar-refractivity contribution in [3.8, 4) is 22.1 Å². The highest BCUT2D eigenvalue weighted by atomic mass is 32.1. The molecule has 0 unspecified atom stereocenters. The summed E-state index contributed by atoms with van der Waals surface area (Å²) in [4.78, 5) is 4.48. The van der Waals surface area contributed by atoms with Crippen LogP contribution in [0.2, 0.25) is 0 Å². The molecule has 0 aliphatic carbocycles. The van der Waals surface area contributed by atoms with Crippen LogP contribution in [0, 0.1) is 6.92 Å². The van der Waals surface area contributed by atoms with Gasteiger partial charge in [-0.1, -0.05) is 0 Å². The van der Waals surface area contributed by atoms with E-state index in [1.807, 2.05) is 44.4 Å². The van der Waals surface area contributed by atoms with Crippen LogP contribution < -0.4 is 9.47 Å². The Morgan fingerprint density at radius 1 is 1.11 bits per heavy atom. The molecular weight excluding hydrogens is 246 g/mol. The molecule has 0 saturated carbocycles. The molecular formula is C14H17NO2S. The van der Waals surface area contributed by atoms with Crippen molar-refractivity contribution in [3.05, 3.63) is 29.3 Å². The smallest absolute Gasteiger partial charge is 0.161 e. The fraction of sp³-hybridized carbons (Fsp3) is 0.357. The van der Waals surface area contributed by atoms with Crippen molar-refractivity contribution in [2.45, 2.75) is 20.8 Å². The maximum Gasteiger partial charge on any atom is 0.161 e. The molecule has 0 amide bonds. The summed E-state index contributed by atoms with van der Waals surface area (Å²) in [6.45, 7) is 7.19. The molecule has 96 valence electrons. The van der Waals surface area contributed by atoms with Crippen molar-refractivity contribution in [1.82, 2.24) is 4.98 Å². The average molecular weight is 263 g/mol. The summed E-state index contributed by atoms with van der Waals surface area (Å²) in [5.41, 5.74) is 2.11. The topological polar surface area (TPSA) is 31.4 Å². The second-order valence-electron chi connectivity index (χ2n) is 3.82. The van der Waals surface area contributed by atoms with E-state index in [-0.39, 0.29) is 0 Å². The molecule has 0 atom stereocenters. The number of aromatic nitrogens is 1. The summed E-state index contributed by atoms with van der Waals surface area (Å²) in [6.07, 6.45) is 0. The Bertz CT molecular complexity index is 522. The van der Waals surface area contributed by atoms with Crippen LogP contribution in [0.4, 0.5) is 0 Å². The van der Waals surface area contributed by atoms with E-state index in [1.54, 1.807) is 11.3 Å². The molecule has 1 aromatic carbocycles. The molecule has 0 radical (unpaired) electrons. The first-order valence-corrected chi connectivity index (χ1v) is 6.94. The first-order valence-electron chi connectivity index (χ1n) is 6.06. The number of benzene rings is 1. The number of aryl methyl sites for hydroxylation is 1. The summed E-state index contributed by atoms with van der Waals surface area (Å²) < 4.78 is 11.2. The lowest BCUT2D eigenvalue weighted by molar-refractivity contribution is 0.288. The van der Waals surface area contributed by atoms with Gasteiger partial charge in [0.15, 0.2) is 11.5 Å². The number of thiazole rings is 1. The van der Waals surface area contributed by atoms with E-state index < -0.39 is 0 Å². The lowest BCUT2D eigenvalue weighted by Gasteiger charge is -2.11. The highest BCUT2D eigenvalue weighted by molar-refractivity contribution is 7.13. The quantitative estimate of drug-likeness (QED) is 0.819. The van der Waals surface area contributed by atoms with Crippen molar-refractivity contribution in [3.63, 3.8) is 0 Å². The SMILES string of the molecule is CCOc1ccc(-c2nc(C)cs2)cc1OCC. The minimum atomic E-state index is 0.625. The summed E-state index contributed by atoms with van der Waals surface area (Å²) in [7, 11) is 0. The Kier molecular flexibility index (Phi) is 4.20. The van der Waals surface area contributed by atoms with Crippen LogP contribution in [0.5, 0.6) is 11.5 Å². The number of ether oxygens (including phenoxy) is 2. The minimum absolute atomic E-state index is 0.625. The number of hydrogen-bond acceptors (Lipinski definition) is 4. The summed E-state index contributed by atoms with van der Waals surface area (Å²) in [5.74, 6) is 1.57. The lowest BCUT2D eigenvalue weighted by atomic mass is 10.2. The van der Waals surface area contributed by atoms with Crippen molar-refractivity contribution < 1.29 is 9.47 Å². The normalized spacial score (nSPS) is 10.4. The Morgan fingerprint density at radius 3 is 2.44 bits per heavy atom. The van der Waals surface area contributed by atoms with E-state index in [0.29, 0.717) is 13.2 Å². The Morgan fingerprint density at radius 2 is 1.83 bits per heavy atom. The van der Waals surface area contributed by atoms with Gasteiger partial charge < -0.3 is 9.47 Å². The zero-order chi connectivity index (χ0) is 13.0. The minimum Gasteiger partial charge on any atom is -0.490 e. The Labute approximate surface area is 111 Å². The van der Waals surface area contributed by atoms with E-state index in [1.165, 1.54) is 0 Å². The van der Waals surface area contributed by atoms with Gasteiger partial charge >= 0.3 is 0 Å². The zero-order valence-corrected chi connectivity index (χ0v) is 11.7. The van der Waals surface area contributed by atoms with Crippen LogP contribution in [0.1, 0.15) is 19.5 Å². The molecule has 0 aliphatic rings. The summed E-state index contributed by atoms with van der Waals surface area (Å²) >= 11 is 1.64. The van der Waals surface area contributed by atoms with Crippen LogP contribution >= 0.6 is 11.3 Å². The molecule has 2 aromatic rings. The molecule has 0 saturated heterocycles. The highest BCUT2D eigenvalue weighted by Gasteiger charge is 2.09. The van der Waals surface area contributed by atoms with Crippen LogP contribution in [0.25, 0.3) is 10.6 Å². The molecule has 0 N–H and O–H groups in total. The van der Waals surface area contributed by atoms with Crippen LogP contribution in [0.15, 0.2) is 23.6 Å². The third-order valence-corrected chi connectivity index (χ3v) is 3.42. The third kappa shape index (κ3) is 2.82. The Hall–Kier alpha value is -1.55. The van der Waals surface area contributed by atoms with Crippen molar-refractivity contribution in [2.75, 3.05) is 13.2 Å². The largest absolute Gasteiger partial charge is 0.490 e. The molecule has 1 aromatic heterocycles. The van der Waals surface area contributed by atoms with Crippen molar-refractivity contribution in [2.24, 2.45) is 0 Å². The van der Waals surface area contributed by atoms with Gasteiger partial charge in [-0.05, 0) is 39.0 Å². The second kappa shape index (κ2) is 5.87. The first kappa shape index (κ1) is 12.9. The highest BCUT2D eigenvalue weighted by Crippen LogP contribution is 2.33. The van der Waals surface area contributed by atoms with E-state index in [4.69, 9.17) is 9.47 Å². The van der Waals surface area contributed by atoms with Gasteiger partial charge in [0.05, 0.1) is 13.2 Å². The van der Waals surface area contributed by atoms with Crippen LogP contribution in [-0.2, 0) is 0 Å². The van der Waals surface area contributed by atoms with Gasteiger partial charge in [0.2, 0.25) is 0 Å². The maximum absolute atomic E-state index is 5.61. The van der Waals surface area contributed by atoms with Crippen LogP contribution in [0.3, 0.4) is 0 Å². The predicted molar refractivity (Wildman–Crippen MR) is 74.6 cm³/mol. The maximum atomic E-state index is 5.61. The molecule has 4 heteroatoms. The zero-order valence-electron chi connectivity index (χ0n) is 10.9. The van der Waals surface area contributed by atoms with Gasteiger partial charge in [-0.2, -0.15) is 0 Å². The fourth-order valence-electron chi connectivity index (χ4n) is 1.67. The molecule has 0 spiro atoms. The molecule has 0 aliphatic heterocycles. The summed E-state index contributed by atoms with van der Waals surface area (Å²) in [6, 6.07) is 5.96. The van der Waals surface area contributed by atoms with Gasteiger partial charge in [-0.3, -0.25) is 0 Å². The van der Waals surface area contributed by atoms with E-state index in [0.717, 1.165) is 27.8 Å². The van der Waals surface area contributed by atoms with Crippen molar-refractivity contribution in [1.29, 1.82) is 0 Å². The van der Waals surface area contributed by atoms with Crippen LogP contribution in [-0.4, -0.2) is 18.2 Å².